The summed E-state index contributed by atoms with van der Waals surface area (Å²) >= 11 is 1.76. The van der Waals surface area contributed by atoms with Crippen LogP contribution in [0.5, 0.6) is 0 Å². The molecule has 0 bridgehead atoms. The molecule has 0 fully saturated rings. The van der Waals surface area contributed by atoms with E-state index in [1.165, 1.54) is 24.8 Å². The molecule has 3 heteroatoms. The zero-order valence-electron chi connectivity index (χ0n) is 10.0. The van der Waals surface area contributed by atoms with Crippen LogP contribution in [0.3, 0.4) is 0 Å². The van der Waals surface area contributed by atoms with E-state index < -0.39 is 0 Å². The van der Waals surface area contributed by atoms with Gasteiger partial charge in [-0.05, 0) is 24.8 Å². The van der Waals surface area contributed by atoms with Crippen molar-refractivity contribution in [1.29, 1.82) is 0 Å². The van der Waals surface area contributed by atoms with Gasteiger partial charge in [-0.25, -0.2) is 0 Å². The van der Waals surface area contributed by atoms with Crippen LogP contribution in [0.15, 0.2) is 35.3 Å². The topological polar surface area (TPSA) is 21.6 Å². The number of aryl methyl sites for hydroxylation is 1. The Morgan fingerprint density at radius 1 is 1.18 bits per heavy atom. The van der Waals surface area contributed by atoms with E-state index in [-0.39, 0.29) is 5.56 Å². The molecule has 0 radical (unpaired) electrons. The molecular formula is C14H19NOS. The second kappa shape index (κ2) is 7.51. The van der Waals surface area contributed by atoms with Crippen molar-refractivity contribution in [3.63, 3.8) is 0 Å². The Bertz CT molecular complexity index is 339. The Balaban J connectivity index is 1.48. The third kappa shape index (κ3) is 4.92. The highest BCUT2D eigenvalue weighted by Crippen LogP contribution is 2.18. The van der Waals surface area contributed by atoms with Gasteiger partial charge in [0.1, 0.15) is 0 Å². The zero-order valence-corrected chi connectivity index (χ0v) is 10.9. The van der Waals surface area contributed by atoms with Crippen LogP contribution < -0.4 is 0 Å². The van der Waals surface area contributed by atoms with Gasteiger partial charge < -0.3 is 4.74 Å². The number of aliphatic imine (C=N–C) groups is 1. The van der Waals surface area contributed by atoms with Crippen molar-refractivity contribution in [2.75, 3.05) is 12.4 Å². The number of hydrogen-bond acceptors (Lipinski definition) is 3. The van der Waals surface area contributed by atoms with E-state index >= 15 is 0 Å². The van der Waals surface area contributed by atoms with Gasteiger partial charge in [0.2, 0.25) is 0 Å². The number of rotatable bonds is 7. The van der Waals surface area contributed by atoms with E-state index in [9.17, 15) is 0 Å². The van der Waals surface area contributed by atoms with Gasteiger partial charge in [-0.3, -0.25) is 4.99 Å². The van der Waals surface area contributed by atoms with Crippen LogP contribution in [0.4, 0.5) is 0 Å². The molecule has 1 aromatic rings. The molecule has 1 aliphatic heterocycles. The lowest BCUT2D eigenvalue weighted by atomic mass is 10.1. The lowest BCUT2D eigenvalue weighted by Gasteiger charge is -2.07. The molecule has 17 heavy (non-hydrogen) atoms. The summed E-state index contributed by atoms with van der Waals surface area (Å²) in [5, 5.41) is 0. The smallest absolute Gasteiger partial charge is 0.196 e. The van der Waals surface area contributed by atoms with Gasteiger partial charge >= 0.3 is 0 Å². The summed E-state index contributed by atoms with van der Waals surface area (Å²) in [6.07, 6.45) is 6.73. The van der Waals surface area contributed by atoms with Gasteiger partial charge in [-0.1, -0.05) is 36.8 Å². The monoisotopic (exact) mass is 249 g/mol. The predicted octanol–water partition coefficient (Wildman–Crippen LogP) is 3.52. The molecule has 0 amide bonds. The molecule has 2 nitrogen and oxygen atoms in total. The molecule has 92 valence electrons. The lowest BCUT2D eigenvalue weighted by molar-refractivity contribution is 0.116. The van der Waals surface area contributed by atoms with E-state index in [1.54, 1.807) is 11.8 Å². The molecule has 1 unspecified atom stereocenters. The maximum absolute atomic E-state index is 5.62. The fraction of sp³-hybridized carbons (Fsp3) is 0.500. The Morgan fingerprint density at radius 3 is 2.82 bits per heavy atom. The highest BCUT2D eigenvalue weighted by Gasteiger charge is 2.09. The van der Waals surface area contributed by atoms with E-state index in [1.807, 2.05) is 6.21 Å². The third-order valence-electron chi connectivity index (χ3n) is 2.75. The first-order valence-electron chi connectivity index (χ1n) is 6.24. The third-order valence-corrected chi connectivity index (χ3v) is 3.64. The fourth-order valence-electron chi connectivity index (χ4n) is 1.83. The fourth-order valence-corrected chi connectivity index (χ4v) is 2.53. The summed E-state index contributed by atoms with van der Waals surface area (Å²) in [6, 6.07) is 10.7. The van der Waals surface area contributed by atoms with Gasteiger partial charge in [-0.15, -0.1) is 11.8 Å². The summed E-state index contributed by atoms with van der Waals surface area (Å²) in [5.74, 6) is 0.999. The van der Waals surface area contributed by atoms with E-state index in [0.29, 0.717) is 0 Å². The Hall–Kier alpha value is -0.800. The van der Waals surface area contributed by atoms with Crippen molar-refractivity contribution >= 4 is 18.0 Å². The normalized spacial score (nSPS) is 18.7. The standard InChI is InChI=1S/C14H19NOS/c1-3-7-13(8-4-1)9-5-2-6-11-16-14-15-10-12-17-14/h1,3-4,7-8,10,14H,2,5-6,9,11-12H2. The van der Waals surface area contributed by atoms with E-state index in [4.69, 9.17) is 4.74 Å². The summed E-state index contributed by atoms with van der Waals surface area (Å²) in [4.78, 5) is 4.22. The second-order valence-corrected chi connectivity index (χ2v) is 5.21. The van der Waals surface area contributed by atoms with Crippen molar-refractivity contribution in [3.05, 3.63) is 35.9 Å². The molecule has 2 rings (SSSR count). The van der Waals surface area contributed by atoms with Crippen LogP contribution in [-0.4, -0.2) is 24.1 Å². The first kappa shape index (κ1) is 12.7. The summed E-state index contributed by atoms with van der Waals surface area (Å²) < 4.78 is 5.62. The van der Waals surface area contributed by atoms with E-state index in [0.717, 1.165) is 18.8 Å². The van der Waals surface area contributed by atoms with Crippen molar-refractivity contribution < 1.29 is 4.74 Å². The highest BCUT2D eigenvalue weighted by atomic mass is 32.2. The Morgan fingerprint density at radius 2 is 2.06 bits per heavy atom. The number of thioether (sulfide) groups is 1. The minimum absolute atomic E-state index is 0.0733. The number of hydrogen-bond donors (Lipinski definition) is 0. The van der Waals surface area contributed by atoms with Gasteiger partial charge in [0.05, 0.1) is 6.61 Å². The number of benzene rings is 1. The Kier molecular flexibility index (Phi) is 5.59. The minimum Gasteiger partial charge on any atom is -0.347 e. The summed E-state index contributed by atoms with van der Waals surface area (Å²) in [6.45, 7) is 0.837. The quantitative estimate of drug-likeness (QED) is 0.690. The van der Waals surface area contributed by atoms with Crippen LogP contribution >= 0.6 is 11.8 Å². The second-order valence-electron chi connectivity index (χ2n) is 4.14. The minimum atomic E-state index is 0.0733. The summed E-state index contributed by atoms with van der Waals surface area (Å²) in [5.41, 5.74) is 1.51. The average molecular weight is 249 g/mol. The van der Waals surface area contributed by atoms with Gasteiger partial charge in [0.15, 0.2) is 5.56 Å². The summed E-state index contributed by atoms with van der Waals surface area (Å²) in [7, 11) is 0. The van der Waals surface area contributed by atoms with Gasteiger partial charge in [0.25, 0.3) is 0 Å². The van der Waals surface area contributed by atoms with E-state index in [2.05, 4.69) is 35.3 Å². The van der Waals surface area contributed by atoms with Gasteiger partial charge in [-0.2, -0.15) is 0 Å². The maximum Gasteiger partial charge on any atom is 0.196 e. The Labute approximate surface area is 107 Å². The molecule has 1 aliphatic rings. The predicted molar refractivity (Wildman–Crippen MR) is 74.7 cm³/mol. The van der Waals surface area contributed by atoms with Crippen molar-refractivity contribution in [3.8, 4) is 0 Å². The highest BCUT2D eigenvalue weighted by molar-refractivity contribution is 8.00. The number of nitrogens with zero attached hydrogens (tertiary/aromatic N) is 1. The molecule has 0 saturated carbocycles. The van der Waals surface area contributed by atoms with Crippen LogP contribution in [0.2, 0.25) is 0 Å². The maximum atomic E-state index is 5.62. The molecule has 0 aromatic heterocycles. The van der Waals surface area contributed by atoms with Crippen LogP contribution in [0, 0.1) is 0 Å². The molecular weight excluding hydrogens is 230 g/mol. The lowest BCUT2D eigenvalue weighted by Crippen LogP contribution is -2.03. The molecule has 0 aliphatic carbocycles. The van der Waals surface area contributed by atoms with Gasteiger partial charge in [0, 0.05) is 12.0 Å². The molecule has 0 N–H and O–H groups in total. The average Bonchev–Trinajstić information content (AvgIpc) is 2.88. The first-order valence-corrected chi connectivity index (χ1v) is 7.29. The van der Waals surface area contributed by atoms with Crippen molar-refractivity contribution in [1.82, 2.24) is 0 Å². The number of unbranched alkanes of at least 4 members (excludes halogenated alkanes) is 2. The largest absolute Gasteiger partial charge is 0.347 e. The van der Waals surface area contributed by atoms with Crippen LogP contribution in [-0.2, 0) is 11.2 Å². The zero-order chi connectivity index (χ0) is 11.8. The molecule has 1 heterocycles. The van der Waals surface area contributed by atoms with Crippen molar-refractivity contribution in [2.45, 2.75) is 31.2 Å². The van der Waals surface area contributed by atoms with Crippen LogP contribution in [0.1, 0.15) is 24.8 Å². The molecule has 0 spiro atoms. The first-order chi connectivity index (χ1) is 8.45. The SMILES string of the molecule is C1=NC(OCCCCCc2ccccc2)SC1. The van der Waals surface area contributed by atoms with Crippen LogP contribution in [0.25, 0.3) is 0 Å². The number of ether oxygens (including phenoxy) is 1. The van der Waals surface area contributed by atoms with Crippen molar-refractivity contribution in [2.24, 2.45) is 4.99 Å². The molecule has 1 atom stereocenters. The molecule has 0 saturated heterocycles. The molecule has 1 aromatic carbocycles.